The molecular weight excluding hydrogens is 298 g/mol. The molecule has 0 fully saturated rings. The number of hydrogen-bond donors (Lipinski definition) is 1. The third-order valence-corrected chi connectivity index (χ3v) is 4.31. The van der Waals surface area contributed by atoms with Gasteiger partial charge in [0.2, 0.25) is 5.91 Å². The van der Waals surface area contributed by atoms with Gasteiger partial charge in [-0.2, -0.15) is 0 Å². The Morgan fingerprint density at radius 2 is 2.05 bits per heavy atom. The Morgan fingerprint density at radius 1 is 1.32 bits per heavy atom. The molecule has 1 amide bonds. The largest absolute Gasteiger partial charge is 0.383 e. The van der Waals surface area contributed by atoms with Gasteiger partial charge in [-0.1, -0.05) is 30.0 Å². The number of imidazole rings is 1. The number of anilines is 1. The summed E-state index contributed by atoms with van der Waals surface area (Å²) in [5, 5.41) is 3.73. The van der Waals surface area contributed by atoms with Crippen molar-refractivity contribution in [2.45, 2.75) is 25.5 Å². The molecule has 0 saturated carbocycles. The first-order chi connectivity index (χ1) is 10.6. The summed E-state index contributed by atoms with van der Waals surface area (Å²) < 4.78 is 7.23. The van der Waals surface area contributed by atoms with E-state index in [1.807, 2.05) is 44.2 Å². The van der Waals surface area contributed by atoms with E-state index in [2.05, 4.69) is 14.9 Å². The standard InChI is InChI=1S/C16H21N3O2S/c1-12-13(2)19(9-10-21-3)16(17-12)22-11-15(20)18-14-7-5-4-6-8-14/h4-8H,9-11H2,1-3H3,(H,18,20). The minimum Gasteiger partial charge on any atom is -0.383 e. The van der Waals surface area contributed by atoms with E-state index in [4.69, 9.17) is 4.74 Å². The summed E-state index contributed by atoms with van der Waals surface area (Å²) in [6.45, 7) is 5.38. The van der Waals surface area contributed by atoms with Crippen molar-refractivity contribution in [1.82, 2.24) is 9.55 Å². The van der Waals surface area contributed by atoms with E-state index in [1.54, 1.807) is 7.11 Å². The summed E-state index contributed by atoms with van der Waals surface area (Å²) in [6.07, 6.45) is 0. The van der Waals surface area contributed by atoms with Gasteiger partial charge in [-0.05, 0) is 26.0 Å². The van der Waals surface area contributed by atoms with E-state index >= 15 is 0 Å². The van der Waals surface area contributed by atoms with Gasteiger partial charge in [0.25, 0.3) is 0 Å². The van der Waals surface area contributed by atoms with Crippen molar-refractivity contribution in [2.24, 2.45) is 0 Å². The van der Waals surface area contributed by atoms with Crippen molar-refractivity contribution >= 4 is 23.4 Å². The lowest BCUT2D eigenvalue weighted by atomic mass is 10.3. The second-order valence-electron chi connectivity index (χ2n) is 4.91. The summed E-state index contributed by atoms with van der Waals surface area (Å²) in [4.78, 5) is 16.5. The first-order valence-electron chi connectivity index (χ1n) is 7.12. The van der Waals surface area contributed by atoms with Crippen molar-refractivity contribution in [3.8, 4) is 0 Å². The second-order valence-corrected chi connectivity index (χ2v) is 5.86. The number of amides is 1. The predicted molar refractivity (Wildman–Crippen MR) is 89.4 cm³/mol. The maximum absolute atomic E-state index is 12.0. The van der Waals surface area contributed by atoms with Gasteiger partial charge in [-0.15, -0.1) is 0 Å². The van der Waals surface area contributed by atoms with Crippen LogP contribution >= 0.6 is 11.8 Å². The molecule has 0 unspecified atom stereocenters. The summed E-state index contributed by atoms with van der Waals surface area (Å²) in [5.74, 6) is 0.297. The number of para-hydroxylation sites is 1. The summed E-state index contributed by atoms with van der Waals surface area (Å²) in [5.41, 5.74) is 2.91. The zero-order valence-corrected chi connectivity index (χ0v) is 13.9. The Labute approximate surface area is 135 Å². The fraction of sp³-hybridized carbons (Fsp3) is 0.375. The normalized spacial score (nSPS) is 10.7. The molecule has 0 atom stereocenters. The highest BCUT2D eigenvalue weighted by Crippen LogP contribution is 2.21. The minimum absolute atomic E-state index is 0.0344. The molecule has 0 saturated heterocycles. The molecule has 118 valence electrons. The highest BCUT2D eigenvalue weighted by atomic mass is 32.2. The molecule has 1 aromatic heterocycles. The number of methoxy groups -OCH3 is 1. The molecule has 0 aliphatic rings. The number of carbonyl (C=O) groups is 1. The molecule has 6 heteroatoms. The SMILES string of the molecule is COCCn1c(SCC(=O)Nc2ccccc2)nc(C)c1C. The lowest BCUT2D eigenvalue weighted by Crippen LogP contribution is -2.15. The smallest absolute Gasteiger partial charge is 0.234 e. The molecule has 0 spiro atoms. The number of ether oxygens (including phenoxy) is 1. The Hall–Kier alpha value is -1.79. The van der Waals surface area contributed by atoms with Gasteiger partial charge in [-0.25, -0.2) is 4.98 Å². The Balaban J connectivity index is 1.96. The monoisotopic (exact) mass is 319 g/mol. The Morgan fingerprint density at radius 3 is 2.73 bits per heavy atom. The fourth-order valence-electron chi connectivity index (χ4n) is 2.03. The van der Waals surface area contributed by atoms with Crippen molar-refractivity contribution < 1.29 is 9.53 Å². The van der Waals surface area contributed by atoms with E-state index in [0.717, 1.165) is 28.8 Å². The van der Waals surface area contributed by atoms with Crippen molar-refractivity contribution in [1.29, 1.82) is 0 Å². The lowest BCUT2D eigenvalue weighted by Gasteiger charge is -2.09. The molecule has 0 radical (unpaired) electrons. The minimum atomic E-state index is -0.0344. The predicted octanol–water partition coefficient (Wildman–Crippen LogP) is 2.88. The van der Waals surface area contributed by atoms with E-state index in [-0.39, 0.29) is 5.91 Å². The van der Waals surface area contributed by atoms with E-state index in [9.17, 15) is 4.79 Å². The zero-order valence-electron chi connectivity index (χ0n) is 13.1. The van der Waals surface area contributed by atoms with Crippen LogP contribution in [0.5, 0.6) is 0 Å². The van der Waals surface area contributed by atoms with Gasteiger partial charge >= 0.3 is 0 Å². The topological polar surface area (TPSA) is 56.1 Å². The number of hydrogen-bond acceptors (Lipinski definition) is 4. The molecule has 2 rings (SSSR count). The summed E-state index contributed by atoms with van der Waals surface area (Å²) in [6, 6.07) is 9.45. The van der Waals surface area contributed by atoms with Crippen LogP contribution in [0, 0.1) is 13.8 Å². The third-order valence-electron chi connectivity index (χ3n) is 3.33. The van der Waals surface area contributed by atoms with E-state index in [1.165, 1.54) is 11.8 Å². The van der Waals surface area contributed by atoms with Gasteiger partial charge in [0.1, 0.15) is 0 Å². The molecule has 0 aliphatic heterocycles. The molecule has 1 heterocycles. The maximum Gasteiger partial charge on any atom is 0.234 e. The molecular formula is C16H21N3O2S. The average molecular weight is 319 g/mol. The summed E-state index contributed by atoms with van der Waals surface area (Å²) >= 11 is 1.44. The fourth-order valence-corrected chi connectivity index (χ4v) is 2.95. The number of benzene rings is 1. The van der Waals surface area contributed by atoms with Crippen LogP contribution in [0.25, 0.3) is 0 Å². The number of nitrogens with zero attached hydrogens (tertiary/aromatic N) is 2. The van der Waals surface area contributed by atoms with Crippen molar-refractivity contribution in [3.63, 3.8) is 0 Å². The Bertz CT molecular complexity index is 626. The molecule has 1 aromatic carbocycles. The zero-order chi connectivity index (χ0) is 15.9. The first-order valence-corrected chi connectivity index (χ1v) is 8.10. The van der Waals surface area contributed by atoms with Crippen LogP contribution in [0.1, 0.15) is 11.4 Å². The Kier molecular flexibility index (Phi) is 6.03. The van der Waals surface area contributed by atoms with Crippen LogP contribution in [0.4, 0.5) is 5.69 Å². The number of nitrogens with one attached hydrogen (secondary N) is 1. The molecule has 2 aromatic rings. The van der Waals surface area contributed by atoms with Crippen LogP contribution in [0.3, 0.4) is 0 Å². The highest BCUT2D eigenvalue weighted by Gasteiger charge is 2.13. The summed E-state index contributed by atoms with van der Waals surface area (Å²) in [7, 11) is 1.68. The van der Waals surface area contributed by atoms with Gasteiger partial charge in [0, 0.05) is 25.0 Å². The average Bonchev–Trinajstić information content (AvgIpc) is 2.79. The van der Waals surface area contributed by atoms with Crippen LogP contribution < -0.4 is 5.32 Å². The van der Waals surface area contributed by atoms with Crippen LogP contribution in [-0.2, 0) is 16.1 Å². The number of carbonyl (C=O) groups excluding carboxylic acids is 1. The van der Waals surface area contributed by atoms with Gasteiger partial charge in [0.15, 0.2) is 5.16 Å². The quantitative estimate of drug-likeness (QED) is 0.797. The highest BCUT2D eigenvalue weighted by molar-refractivity contribution is 7.99. The van der Waals surface area contributed by atoms with Crippen molar-refractivity contribution in [2.75, 3.05) is 24.8 Å². The molecule has 0 bridgehead atoms. The molecule has 5 nitrogen and oxygen atoms in total. The lowest BCUT2D eigenvalue weighted by molar-refractivity contribution is -0.113. The number of rotatable bonds is 7. The van der Waals surface area contributed by atoms with Crippen LogP contribution in [-0.4, -0.2) is 34.9 Å². The molecule has 22 heavy (non-hydrogen) atoms. The van der Waals surface area contributed by atoms with Crippen molar-refractivity contribution in [3.05, 3.63) is 41.7 Å². The third kappa shape index (κ3) is 4.35. The van der Waals surface area contributed by atoms with Gasteiger partial charge in [0.05, 0.1) is 18.1 Å². The first kappa shape index (κ1) is 16.6. The number of thioether (sulfide) groups is 1. The van der Waals surface area contributed by atoms with Crippen LogP contribution in [0.2, 0.25) is 0 Å². The van der Waals surface area contributed by atoms with Crippen LogP contribution in [0.15, 0.2) is 35.5 Å². The van der Waals surface area contributed by atoms with Gasteiger partial charge < -0.3 is 14.6 Å². The van der Waals surface area contributed by atoms with Gasteiger partial charge in [-0.3, -0.25) is 4.79 Å². The van der Waals surface area contributed by atoms with E-state index in [0.29, 0.717) is 12.4 Å². The maximum atomic E-state index is 12.0. The number of aryl methyl sites for hydroxylation is 1. The number of aromatic nitrogens is 2. The molecule has 1 N–H and O–H groups in total. The molecule has 0 aliphatic carbocycles. The van der Waals surface area contributed by atoms with E-state index < -0.39 is 0 Å². The second kappa shape index (κ2) is 8.00.